The fourth-order valence-electron chi connectivity index (χ4n) is 3.94. The van der Waals surface area contributed by atoms with Crippen molar-refractivity contribution >= 4 is 45.2 Å². The Morgan fingerprint density at radius 1 is 1.31 bits per heavy atom. The number of para-hydroxylation sites is 1. The lowest BCUT2D eigenvalue weighted by molar-refractivity contribution is -0.155. The van der Waals surface area contributed by atoms with E-state index in [4.69, 9.17) is 4.74 Å². The molecular formula is C22H24N4O5S. The van der Waals surface area contributed by atoms with Gasteiger partial charge >= 0.3 is 11.7 Å². The number of nitrogens with one attached hydrogen (secondary N) is 1. The number of thioether (sulfide) groups is 1. The van der Waals surface area contributed by atoms with Crippen molar-refractivity contribution in [3.63, 3.8) is 0 Å². The quantitative estimate of drug-likeness (QED) is 0.565. The first-order valence-corrected chi connectivity index (χ1v) is 11.4. The van der Waals surface area contributed by atoms with Gasteiger partial charge in [0.2, 0.25) is 5.91 Å². The molecule has 1 amide bonds. The van der Waals surface area contributed by atoms with Crippen molar-refractivity contribution in [3.05, 3.63) is 46.5 Å². The number of hydrogen-bond donors (Lipinski definition) is 1. The molecule has 32 heavy (non-hydrogen) atoms. The predicted octanol–water partition coefficient (Wildman–Crippen LogP) is 2.13. The number of aromatic nitrogens is 3. The van der Waals surface area contributed by atoms with Gasteiger partial charge in [0.1, 0.15) is 18.3 Å². The molecule has 0 saturated carbocycles. The van der Waals surface area contributed by atoms with E-state index < -0.39 is 12.0 Å². The lowest BCUT2D eigenvalue weighted by atomic mass is 10.1. The van der Waals surface area contributed by atoms with Crippen LogP contribution in [0, 0.1) is 5.92 Å². The molecule has 0 spiro atoms. The minimum atomic E-state index is -0.645. The largest absolute Gasteiger partial charge is 0.458 e. The molecule has 0 radical (unpaired) electrons. The van der Waals surface area contributed by atoms with Crippen molar-refractivity contribution in [1.29, 1.82) is 0 Å². The summed E-state index contributed by atoms with van der Waals surface area (Å²) in [5.41, 5.74) is 1.40. The van der Waals surface area contributed by atoms with Gasteiger partial charge in [-0.25, -0.2) is 9.59 Å². The van der Waals surface area contributed by atoms with E-state index in [-0.39, 0.29) is 29.2 Å². The summed E-state index contributed by atoms with van der Waals surface area (Å²) >= 11 is 1.11. The average Bonchev–Trinajstić information content (AvgIpc) is 3.43. The Balaban J connectivity index is 1.45. The molecule has 2 atom stereocenters. The van der Waals surface area contributed by atoms with Crippen molar-refractivity contribution in [2.45, 2.75) is 39.3 Å². The third-order valence-corrected chi connectivity index (χ3v) is 6.60. The van der Waals surface area contributed by atoms with Gasteiger partial charge in [-0.15, -0.1) is 0 Å². The second-order valence-electron chi connectivity index (χ2n) is 7.91. The van der Waals surface area contributed by atoms with Gasteiger partial charge in [-0.05, 0) is 25.0 Å². The first-order chi connectivity index (χ1) is 15.3. The van der Waals surface area contributed by atoms with Gasteiger partial charge in [0, 0.05) is 30.5 Å². The number of benzene rings is 1. The topological polar surface area (TPSA) is 114 Å². The highest BCUT2D eigenvalue weighted by Crippen LogP contribution is 2.23. The second-order valence-corrected chi connectivity index (χ2v) is 9.11. The van der Waals surface area contributed by atoms with Crippen LogP contribution in [0.25, 0.3) is 16.4 Å². The Hall–Kier alpha value is -3.14. The lowest BCUT2D eigenvalue weighted by Gasteiger charge is -2.25. The van der Waals surface area contributed by atoms with E-state index in [1.165, 1.54) is 11.4 Å². The summed E-state index contributed by atoms with van der Waals surface area (Å²) in [6, 6.07) is 8.48. The summed E-state index contributed by atoms with van der Waals surface area (Å²) in [6.07, 6.45) is 1.25. The van der Waals surface area contributed by atoms with Crippen molar-refractivity contribution in [3.8, 4) is 0 Å². The highest BCUT2D eigenvalue weighted by atomic mass is 32.2. The van der Waals surface area contributed by atoms with Crippen LogP contribution in [0.5, 0.6) is 0 Å². The summed E-state index contributed by atoms with van der Waals surface area (Å²) in [5, 5.41) is 5.06. The minimum Gasteiger partial charge on any atom is -0.458 e. The van der Waals surface area contributed by atoms with Crippen LogP contribution in [0.3, 0.4) is 0 Å². The Labute approximate surface area is 188 Å². The van der Waals surface area contributed by atoms with Gasteiger partial charge in [-0.1, -0.05) is 36.9 Å². The Morgan fingerprint density at radius 2 is 2.09 bits per heavy atom. The average molecular weight is 457 g/mol. The zero-order valence-electron chi connectivity index (χ0n) is 17.9. The Morgan fingerprint density at radius 3 is 2.88 bits per heavy atom. The standard InChI is InChI=1S/C22H24N4O5S/c1-13(12-32-14(2)27)20(28)25-9-5-8-18(25)21(29)31-11-15-10-19-16-6-3-4-7-17(16)23-22(30)26(19)24-15/h3-4,6-7,10,13,18H,5,8-9,11-12H2,1-2H3,(H,23,30)/t13?,18-/m0/s1. The third kappa shape index (κ3) is 4.40. The van der Waals surface area contributed by atoms with Gasteiger partial charge in [-0.3, -0.25) is 9.59 Å². The number of rotatable bonds is 6. The van der Waals surface area contributed by atoms with E-state index in [2.05, 4.69) is 10.1 Å². The molecule has 1 fully saturated rings. The van der Waals surface area contributed by atoms with Crippen LogP contribution in [0.2, 0.25) is 0 Å². The molecule has 1 unspecified atom stereocenters. The number of amides is 1. The first-order valence-electron chi connectivity index (χ1n) is 10.5. The monoisotopic (exact) mass is 456 g/mol. The van der Waals surface area contributed by atoms with E-state index in [1.807, 2.05) is 24.3 Å². The molecule has 1 aliphatic heterocycles. The number of H-pyrrole nitrogens is 1. The molecule has 10 heteroatoms. The van der Waals surface area contributed by atoms with Crippen LogP contribution in [0.15, 0.2) is 35.1 Å². The number of hydrogen-bond acceptors (Lipinski definition) is 7. The number of ether oxygens (including phenoxy) is 1. The summed E-state index contributed by atoms with van der Waals surface area (Å²) in [5.74, 6) is -0.617. The number of carbonyl (C=O) groups is 3. The molecule has 4 rings (SSSR count). The van der Waals surface area contributed by atoms with Gasteiger partial charge in [-0.2, -0.15) is 9.61 Å². The SMILES string of the molecule is CC(=O)SCC(C)C(=O)N1CCC[C@H]1C(=O)OCc1cc2c3ccccc3[nH]c(=O)n2n1. The van der Waals surface area contributed by atoms with Crippen molar-refractivity contribution in [1.82, 2.24) is 19.5 Å². The Kier molecular flexibility index (Phi) is 6.31. The van der Waals surface area contributed by atoms with Crippen LogP contribution in [0.1, 0.15) is 32.4 Å². The third-order valence-electron chi connectivity index (χ3n) is 5.53. The molecule has 168 valence electrons. The van der Waals surface area contributed by atoms with Crippen LogP contribution < -0.4 is 5.69 Å². The van der Waals surface area contributed by atoms with Crippen molar-refractivity contribution in [2.24, 2.45) is 5.92 Å². The molecule has 2 aromatic heterocycles. The molecule has 3 aromatic rings. The lowest BCUT2D eigenvalue weighted by Crippen LogP contribution is -2.44. The number of aromatic amines is 1. The summed E-state index contributed by atoms with van der Waals surface area (Å²) in [6.45, 7) is 3.62. The fourth-order valence-corrected chi connectivity index (χ4v) is 4.57. The van der Waals surface area contributed by atoms with E-state index in [0.29, 0.717) is 41.9 Å². The van der Waals surface area contributed by atoms with Crippen molar-refractivity contribution < 1.29 is 19.1 Å². The fraction of sp³-hybridized carbons (Fsp3) is 0.409. The number of likely N-dealkylation sites (tertiary alicyclic amines) is 1. The normalized spacial score (nSPS) is 17.1. The highest BCUT2D eigenvalue weighted by molar-refractivity contribution is 8.13. The number of esters is 1. The zero-order chi connectivity index (χ0) is 22.8. The van der Waals surface area contributed by atoms with Crippen LogP contribution in [0.4, 0.5) is 0 Å². The van der Waals surface area contributed by atoms with Gasteiger partial charge in [0.25, 0.3) is 0 Å². The molecule has 1 aromatic carbocycles. The molecular weight excluding hydrogens is 432 g/mol. The van der Waals surface area contributed by atoms with Gasteiger partial charge in [0.15, 0.2) is 5.12 Å². The predicted molar refractivity (Wildman–Crippen MR) is 120 cm³/mol. The zero-order valence-corrected chi connectivity index (χ0v) is 18.7. The van der Waals surface area contributed by atoms with Gasteiger partial charge in [0.05, 0.1) is 11.0 Å². The van der Waals surface area contributed by atoms with E-state index in [1.54, 1.807) is 17.9 Å². The van der Waals surface area contributed by atoms with E-state index in [0.717, 1.165) is 17.1 Å². The minimum absolute atomic E-state index is 0.0406. The molecule has 9 nitrogen and oxygen atoms in total. The van der Waals surface area contributed by atoms with Crippen LogP contribution in [-0.4, -0.2) is 54.8 Å². The van der Waals surface area contributed by atoms with Crippen LogP contribution in [-0.2, 0) is 25.7 Å². The van der Waals surface area contributed by atoms with Crippen LogP contribution >= 0.6 is 11.8 Å². The second kappa shape index (κ2) is 9.15. The maximum Gasteiger partial charge on any atom is 0.347 e. The maximum absolute atomic E-state index is 12.8. The highest BCUT2D eigenvalue weighted by Gasteiger charge is 2.37. The van der Waals surface area contributed by atoms with E-state index >= 15 is 0 Å². The first kappa shape index (κ1) is 22.1. The molecule has 1 aliphatic rings. The number of fused-ring (bicyclic) bond motifs is 3. The Bertz CT molecular complexity index is 1250. The summed E-state index contributed by atoms with van der Waals surface area (Å²) in [7, 11) is 0. The molecule has 1 N–H and O–H groups in total. The summed E-state index contributed by atoms with van der Waals surface area (Å²) in [4.78, 5) is 53.3. The molecule has 1 saturated heterocycles. The number of carbonyl (C=O) groups excluding carboxylic acids is 3. The van der Waals surface area contributed by atoms with E-state index in [9.17, 15) is 19.2 Å². The molecule has 0 aliphatic carbocycles. The van der Waals surface area contributed by atoms with Crippen molar-refractivity contribution in [2.75, 3.05) is 12.3 Å². The summed E-state index contributed by atoms with van der Waals surface area (Å²) < 4.78 is 6.73. The maximum atomic E-state index is 12.8. The molecule has 0 bridgehead atoms. The smallest absolute Gasteiger partial charge is 0.347 e. The molecule has 3 heterocycles. The van der Waals surface area contributed by atoms with Gasteiger partial charge < -0.3 is 14.6 Å². The number of nitrogens with zero attached hydrogens (tertiary/aromatic N) is 3.